The van der Waals surface area contributed by atoms with Gasteiger partial charge in [-0.3, -0.25) is 0 Å². The molecule has 1 aromatic carbocycles. The van der Waals surface area contributed by atoms with Gasteiger partial charge in [-0.1, -0.05) is 44.0 Å². The highest BCUT2D eigenvalue weighted by Crippen LogP contribution is 2.41. The molecule has 18 heavy (non-hydrogen) atoms. The second kappa shape index (κ2) is 5.44. The van der Waals surface area contributed by atoms with Crippen molar-refractivity contribution < 1.29 is 0 Å². The Labute approximate surface area is 111 Å². The van der Waals surface area contributed by atoms with E-state index < -0.39 is 0 Å². The van der Waals surface area contributed by atoms with Gasteiger partial charge in [0, 0.05) is 12.6 Å². The molecule has 3 rings (SSSR count). The van der Waals surface area contributed by atoms with Gasteiger partial charge in [-0.2, -0.15) is 0 Å². The Morgan fingerprint density at radius 2 is 1.94 bits per heavy atom. The molecular weight excluding hydrogens is 218 g/mol. The van der Waals surface area contributed by atoms with Crippen molar-refractivity contribution in [3.05, 3.63) is 35.4 Å². The van der Waals surface area contributed by atoms with Crippen LogP contribution < -0.4 is 5.32 Å². The van der Waals surface area contributed by atoms with Crippen LogP contribution in [-0.4, -0.2) is 6.04 Å². The van der Waals surface area contributed by atoms with Crippen molar-refractivity contribution >= 4 is 0 Å². The number of nitrogens with one attached hydrogen (secondary N) is 1. The van der Waals surface area contributed by atoms with Crippen molar-refractivity contribution in [1.29, 1.82) is 0 Å². The second-order valence-corrected chi connectivity index (χ2v) is 6.14. The molecule has 2 fully saturated rings. The van der Waals surface area contributed by atoms with Gasteiger partial charge >= 0.3 is 0 Å². The SMILES string of the molecule is CCC(CC1CC1)NCc1ccccc1C1CC1. The standard InChI is InChI=1S/C17H25N/c1-2-16(11-13-7-8-13)18-12-15-5-3-4-6-17(15)14-9-10-14/h3-6,13-14,16,18H,2,7-12H2,1H3. The summed E-state index contributed by atoms with van der Waals surface area (Å²) in [5.74, 6) is 1.90. The lowest BCUT2D eigenvalue weighted by molar-refractivity contribution is 0.444. The third kappa shape index (κ3) is 3.14. The lowest BCUT2D eigenvalue weighted by atomic mass is 10.0. The predicted octanol–water partition coefficient (Wildman–Crippen LogP) is 4.23. The van der Waals surface area contributed by atoms with Crippen LogP contribution in [0.25, 0.3) is 0 Å². The van der Waals surface area contributed by atoms with E-state index in [1.54, 1.807) is 5.56 Å². The largest absolute Gasteiger partial charge is 0.310 e. The van der Waals surface area contributed by atoms with E-state index >= 15 is 0 Å². The highest BCUT2D eigenvalue weighted by Gasteiger charge is 2.26. The molecule has 2 aliphatic carbocycles. The Kier molecular flexibility index (Phi) is 3.69. The normalized spacial score (nSPS) is 20.9. The first-order valence-electron chi connectivity index (χ1n) is 7.68. The number of rotatable bonds is 7. The van der Waals surface area contributed by atoms with Crippen LogP contribution in [-0.2, 0) is 6.54 Å². The van der Waals surface area contributed by atoms with E-state index in [0.717, 1.165) is 24.4 Å². The smallest absolute Gasteiger partial charge is 0.0210 e. The fourth-order valence-electron chi connectivity index (χ4n) is 2.89. The zero-order valence-corrected chi connectivity index (χ0v) is 11.5. The highest BCUT2D eigenvalue weighted by molar-refractivity contribution is 5.33. The molecule has 1 N–H and O–H groups in total. The van der Waals surface area contributed by atoms with Crippen LogP contribution in [0, 0.1) is 5.92 Å². The van der Waals surface area contributed by atoms with Gasteiger partial charge in [0.15, 0.2) is 0 Å². The van der Waals surface area contributed by atoms with E-state index in [4.69, 9.17) is 0 Å². The molecule has 0 spiro atoms. The van der Waals surface area contributed by atoms with Gasteiger partial charge in [-0.25, -0.2) is 0 Å². The molecule has 0 bridgehead atoms. The molecule has 0 aliphatic heterocycles. The first kappa shape index (κ1) is 12.2. The maximum atomic E-state index is 3.78. The van der Waals surface area contributed by atoms with Crippen molar-refractivity contribution in [2.45, 2.75) is 64.0 Å². The van der Waals surface area contributed by atoms with Crippen LogP contribution in [0.2, 0.25) is 0 Å². The number of hydrogen-bond donors (Lipinski definition) is 1. The van der Waals surface area contributed by atoms with Crippen molar-refractivity contribution in [2.75, 3.05) is 0 Å². The molecule has 1 unspecified atom stereocenters. The van der Waals surface area contributed by atoms with Crippen molar-refractivity contribution in [1.82, 2.24) is 5.32 Å². The Bertz CT molecular complexity index is 390. The van der Waals surface area contributed by atoms with Crippen molar-refractivity contribution in [2.24, 2.45) is 5.92 Å². The minimum atomic E-state index is 0.727. The summed E-state index contributed by atoms with van der Waals surface area (Å²) >= 11 is 0. The zero-order valence-electron chi connectivity index (χ0n) is 11.5. The molecule has 0 amide bonds. The Morgan fingerprint density at radius 1 is 1.17 bits per heavy atom. The van der Waals surface area contributed by atoms with Gasteiger partial charge in [-0.05, 0) is 48.6 Å². The molecule has 0 aromatic heterocycles. The third-order valence-corrected chi connectivity index (χ3v) is 4.46. The van der Waals surface area contributed by atoms with Gasteiger partial charge in [0.1, 0.15) is 0 Å². The highest BCUT2D eigenvalue weighted by atomic mass is 14.9. The maximum absolute atomic E-state index is 3.78. The molecule has 1 nitrogen and oxygen atoms in total. The first-order valence-corrected chi connectivity index (χ1v) is 7.68. The summed E-state index contributed by atoms with van der Waals surface area (Å²) < 4.78 is 0. The van der Waals surface area contributed by atoms with E-state index in [9.17, 15) is 0 Å². The van der Waals surface area contributed by atoms with Crippen LogP contribution in [0.3, 0.4) is 0 Å². The van der Waals surface area contributed by atoms with Crippen LogP contribution in [0.1, 0.15) is 62.5 Å². The fraction of sp³-hybridized carbons (Fsp3) is 0.647. The van der Waals surface area contributed by atoms with E-state index in [-0.39, 0.29) is 0 Å². The molecule has 0 heterocycles. The predicted molar refractivity (Wildman–Crippen MR) is 76.7 cm³/mol. The molecule has 0 saturated heterocycles. The molecule has 1 aromatic rings. The average molecular weight is 243 g/mol. The van der Waals surface area contributed by atoms with Crippen molar-refractivity contribution in [3.63, 3.8) is 0 Å². The summed E-state index contributed by atoms with van der Waals surface area (Å²) in [6.07, 6.45) is 8.39. The number of benzene rings is 1. The van der Waals surface area contributed by atoms with Gasteiger partial charge in [0.2, 0.25) is 0 Å². The molecule has 2 aliphatic rings. The zero-order chi connectivity index (χ0) is 12.4. The van der Waals surface area contributed by atoms with Crippen molar-refractivity contribution in [3.8, 4) is 0 Å². The lowest BCUT2D eigenvalue weighted by Crippen LogP contribution is -2.28. The van der Waals surface area contributed by atoms with Gasteiger partial charge in [0.25, 0.3) is 0 Å². The van der Waals surface area contributed by atoms with Crippen LogP contribution in [0.15, 0.2) is 24.3 Å². The van der Waals surface area contributed by atoms with E-state index in [2.05, 4.69) is 36.5 Å². The minimum absolute atomic E-state index is 0.727. The number of hydrogen-bond acceptors (Lipinski definition) is 1. The Balaban J connectivity index is 1.57. The molecular formula is C17H25N. The van der Waals surface area contributed by atoms with Crippen LogP contribution in [0.5, 0.6) is 0 Å². The minimum Gasteiger partial charge on any atom is -0.310 e. The summed E-state index contributed by atoms with van der Waals surface area (Å²) in [5.41, 5.74) is 3.14. The Morgan fingerprint density at radius 3 is 2.61 bits per heavy atom. The average Bonchev–Trinajstić information content (AvgIpc) is 3.28. The monoisotopic (exact) mass is 243 g/mol. The van der Waals surface area contributed by atoms with E-state index in [1.165, 1.54) is 44.1 Å². The van der Waals surface area contributed by atoms with E-state index in [0.29, 0.717) is 0 Å². The summed E-state index contributed by atoms with van der Waals surface area (Å²) in [7, 11) is 0. The van der Waals surface area contributed by atoms with Crippen LogP contribution >= 0.6 is 0 Å². The molecule has 1 heteroatoms. The topological polar surface area (TPSA) is 12.0 Å². The van der Waals surface area contributed by atoms with Crippen LogP contribution in [0.4, 0.5) is 0 Å². The Hall–Kier alpha value is -0.820. The summed E-state index contributed by atoms with van der Waals surface area (Å²) in [6.45, 7) is 3.38. The second-order valence-electron chi connectivity index (χ2n) is 6.14. The summed E-state index contributed by atoms with van der Waals surface area (Å²) in [6, 6.07) is 9.74. The van der Waals surface area contributed by atoms with Gasteiger partial charge in [0.05, 0.1) is 0 Å². The fourth-order valence-corrected chi connectivity index (χ4v) is 2.89. The summed E-state index contributed by atoms with van der Waals surface area (Å²) in [4.78, 5) is 0. The first-order chi connectivity index (χ1) is 8.86. The van der Waals surface area contributed by atoms with Gasteiger partial charge < -0.3 is 5.32 Å². The molecule has 0 radical (unpaired) electrons. The van der Waals surface area contributed by atoms with Gasteiger partial charge in [-0.15, -0.1) is 0 Å². The third-order valence-electron chi connectivity index (χ3n) is 4.46. The summed E-state index contributed by atoms with van der Waals surface area (Å²) in [5, 5.41) is 3.78. The molecule has 2 saturated carbocycles. The quantitative estimate of drug-likeness (QED) is 0.755. The molecule has 1 atom stereocenters. The molecule has 98 valence electrons. The maximum Gasteiger partial charge on any atom is 0.0210 e. The van der Waals surface area contributed by atoms with E-state index in [1.807, 2.05) is 0 Å². The lowest BCUT2D eigenvalue weighted by Gasteiger charge is -2.18.